The molecule has 0 bridgehead atoms. The summed E-state index contributed by atoms with van der Waals surface area (Å²) in [5, 5.41) is 5.47. The molecule has 0 fully saturated rings. The number of hydrogen-bond donors (Lipinski definition) is 2. The lowest BCUT2D eigenvalue weighted by Gasteiger charge is -2.18. The number of nitrogens with one attached hydrogen (secondary N) is 2. The topological polar surface area (TPSA) is 67.4 Å². The van der Waals surface area contributed by atoms with E-state index in [9.17, 15) is 9.59 Å². The third-order valence-electron chi connectivity index (χ3n) is 2.73. The number of methoxy groups -OCH3 is 1. The molecule has 0 spiro atoms. The molecule has 0 aromatic heterocycles. The van der Waals surface area contributed by atoms with E-state index >= 15 is 0 Å². The lowest BCUT2D eigenvalue weighted by molar-refractivity contribution is -0.122. The van der Waals surface area contributed by atoms with Crippen molar-refractivity contribution in [2.45, 2.75) is 19.4 Å². The quantitative estimate of drug-likeness (QED) is 0.743. The maximum atomic E-state index is 11.8. The highest BCUT2D eigenvalue weighted by molar-refractivity contribution is 5.79. The summed E-state index contributed by atoms with van der Waals surface area (Å²) < 4.78 is 5.09. The van der Waals surface area contributed by atoms with E-state index < -0.39 is 0 Å². The molecule has 1 aromatic rings. The van der Waals surface area contributed by atoms with Crippen LogP contribution in [0.3, 0.4) is 0 Å². The first-order chi connectivity index (χ1) is 9.56. The Morgan fingerprint density at radius 1 is 1.35 bits per heavy atom. The molecule has 20 heavy (non-hydrogen) atoms. The molecule has 1 aromatic carbocycles. The number of ether oxygens (including phenoxy) is 1. The zero-order valence-corrected chi connectivity index (χ0v) is 11.8. The van der Waals surface area contributed by atoms with Crippen LogP contribution >= 0.6 is 0 Å². The molecule has 0 saturated carbocycles. The van der Waals surface area contributed by atoms with E-state index in [0.29, 0.717) is 6.54 Å². The fraction of sp³-hybridized carbons (Fsp3) is 0.333. The van der Waals surface area contributed by atoms with Crippen LogP contribution in [-0.4, -0.2) is 25.5 Å². The van der Waals surface area contributed by atoms with Crippen molar-refractivity contribution in [3.8, 4) is 5.75 Å². The highest BCUT2D eigenvalue weighted by Crippen LogP contribution is 2.20. The van der Waals surface area contributed by atoms with Crippen molar-refractivity contribution in [2.24, 2.45) is 0 Å². The first-order valence-corrected chi connectivity index (χ1v) is 6.35. The molecular formula is C15H20N2O3. The minimum atomic E-state index is -0.358. The zero-order chi connectivity index (χ0) is 15.0. The second-order valence-corrected chi connectivity index (χ2v) is 4.32. The smallest absolute Gasteiger partial charge is 0.222 e. The Balaban J connectivity index is 2.78. The highest BCUT2D eigenvalue weighted by atomic mass is 16.5. The number of amides is 2. The van der Waals surface area contributed by atoms with Gasteiger partial charge < -0.3 is 15.4 Å². The normalized spacial score (nSPS) is 11.3. The summed E-state index contributed by atoms with van der Waals surface area (Å²) in [6, 6.07) is 6.90. The molecule has 1 rings (SSSR count). The van der Waals surface area contributed by atoms with E-state index in [1.165, 1.54) is 6.92 Å². The summed E-state index contributed by atoms with van der Waals surface area (Å²) >= 11 is 0. The molecule has 2 N–H and O–H groups in total. The van der Waals surface area contributed by atoms with E-state index in [-0.39, 0.29) is 24.3 Å². The van der Waals surface area contributed by atoms with Crippen molar-refractivity contribution in [3.63, 3.8) is 0 Å². The molecular weight excluding hydrogens is 256 g/mol. The van der Waals surface area contributed by atoms with Gasteiger partial charge in [-0.1, -0.05) is 18.2 Å². The second kappa shape index (κ2) is 7.99. The van der Waals surface area contributed by atoms with Crippen LogP contribution in [0.15, 0.2) is 36.9 Å². The van der Waals surface area contributed by atoms with Gasteiger partial charge in [0.05, 0.1) is 19.6 Å². The predicted octanol–water partition coefficient (Wildman–Crippen LogP) is 1.56. The second-order valence-electron chi connectivity index (χ2n) is 4.32. The fourth-order valence-electron chi connectivity index (χ4n) is 1.78. The number of hydrogen-bond acceptors (Lipinski definition) is 3. The van der Waals surface area contributed by atoms with Gasteiger partial charge in [-0.25, -0.2) is 0 Å². The summed E-state index contributed by atoms with van der Waals surface area (Å²) in [4.78, 5) is 23.0. The summed E-state index contributed by atoms with van der Waals surface area (Å²) in [7, 11) is 1.59. The van der Waals surface area contributed by atoms with Crippen molar-refractivity contribution in [2.75, 3.05) is 13.7 Å². The minimum absolute atomic E-state index is 0.139. The third-order valence-corrected chi connectivity index (χ3v) is 2.73. The Morgan fingerprint density at radius 2 is 2.00 bits per heavy atom. The van der Waals surface area contributed by atoms with Gasteiger partial charge in [0, 0.05) is 13.5 Å². The molecule has 0 saturated heterocycles. The molecule has 0 radical (unpaired) electrons. The molecule has 1 atom stereocenters. The standard InChI is InChI=1S/C15H20N2O3/c1-4-9-16-15(19)10-14(17-11(2)18)12-5-7-13(20-3)8-6-12/h4-8,14H,1,9-10H2,2-3H3,(H,16,19)(H,17,18). The van der Waals surface area contributed by atoms with Crippen LogP contribution < -0.4 is 15.4 Å². The van der Waals surface area contributed by atoms with Gasteiger partial charge >= 0.3 is 0 Å². The maximum absolute atomic E-state index is 11.8. The number of carbonyl (C=O) groups is 2. The molecule has 0 aliphatic rings. The molecule has 0 aliphatic heterocycles. The third kappa shape index (κ3) is 5.14. The average molecular weight is 276 g/mol. The minimum Gasteiger partial charge on any atom is -0.497 e. The van der Waals surface area contributed by atoms with Crippen LogP contribution in [0.1, 0.15) is 24.9 Å². The van der Waals surface area contributed by atoms with Crippen LogP contribution in [0.25, 0.3) is 0 Å². The number of carbonyl (C=O) groups excluding carboxylic acids is 2. The van der Waals surface area contributed by atoms with Crippen LogP contribution in [0.5, 0.6) is 5.75 Å². The van der Waals surface area contributed by atoms with Crippen LogP contribution in [0, 0.1) is 0 Å². The monoisotopic (exact) mass is 276 g/mol. The van der Waals surface area contributed by atoms with Gasteiger partial charge in [-0.05, 0) is 17.7 Å². The van der Waals surface area contributed by atoms with Crippen molar-refractivity contribution in [3.05, 3.63) is 42.5 Å². The molecule has 108 valence electrons. The Labute approximate surface area is 119 Å². The SMILES string of the molecule is C=CCNC(=O)CC(NC(C)=O)c1ccc(OC)cc1. The van der Waals surface area contributed by atoms with Crippen LogP contribution in [0.4, 0.5) is 0 Å². The Hall–Kier alpha value is -2.30. The average Bonchev–Trinajstić information content (AvgIpc) is 2.44. The van der Waals surface area contributed by atoms with E-state index in [1.807, 2.05) is 12.1 Å². The van der Waals surface area contributed by atoms with E-state index in [2.05, 4.69) is 17.2 Å². The first-order valence-electron chi connectivity index (χ1n) is 6.35. The summed E-state index contributed by atoms with van der Waals surface area (Å²) in [5.41, 5.74) is 0.856. The number of rotatable bonds is 7. The molecule has 5 nitrogen and oxygen atoms in total. The Bertz CT molecular complexity index is 469. The van der Waals surface area contributed by atoms with E-state index in [0.717, 1.165) is 11.3 Å². The van der Waals surface area contributed by atoms with E-state index in [1.54, 1.807) is 25.3 Å². The first kappa shape index (κ1) is 15.8. The molecule has 0 aliphatic carbocycles. The van der Waals surface area contributed by atoms with Crippen molar-refractivity contribution < 1.29 is 14.3 Å². The zero-order valence-electron chi connectivity index (χ0n) is 11.8. The van der Waals surface area contributed by atoms with E-state index in [4.69, 9.17) is 4.74 Å². The number of benzene rings is 1. The van der Waals surface area contributed by atoms with Gasteiger partial charge in [0.2, 0.25) is 11.8 Å². The highest BCUT2D eigenvalue weighted by Gasteiger charge is 2.16. The van der Waals surface area contributed by atoms with Crippen molar-refractivity contribution in [1.29, 1.82) is 0 Å². The summed E-state index contributed by atoms with van der Waals surface area (Å²) in [6.07, 6.45) is 1.79. The van der Waals surface area contributed by atoms with Gasteiger partial charge in [-0.15, -0.1) is 6.58 Å². The molecule has 5 heteroatoms. The van der Waals surface area contributed by atoms with Gasteiger partial charge in [0.15, 0.2) is 0 Å². The van der Waals surface area contributed by atoms with Crippen LogP contribution in [-0.2, 0) is 9.59 Å². The predicted molar refractivity (Wildman–Crippen MR) is 77.4 cm³/mol. The van der Waals surface area contributed by atoms with Gasteiger partial charge in [0.25, 0.3) is 0 Å². The summed E-state index contributed by atoms with van der Waals surface area (Å²) in [5.74, 6) is 0.410. The molecule has 2 amide bonds. The van der Waals surface area contributed by atoms with Gasteiger partial charge in [-0.2, -0.15) is 0 Å². The lowest BCUT2D eigenvalue weighted by atomic mass is 10.0. The Kier molecular flexibility index (Phi) is 6.29. The molecule has 1 unspecified atom stereocenters. The van der Waals surface area contributed by atoms with Crippen molar-refractivity contribution in [1.82, 2.24) is 10.6 Å². The van der Waals surface area contributed by atoms with Crippen LogP contribution in [0.2, 0.25) is 0 Å². The fourth-order valence-corrected chi connectivity index (χ4v) is 1.78. The molecule has 0 heterocycles. The maximum Gasteiger partial charge on any atom is 0.222 e. The Morgan fingerprint density at radius 3 is 2.50 bits per heavy atom. The summed E-state index contributed by atoms with van der Waals surface area (Å²) in [6.45, 7) is 5.38. The largest absolute Gasteiger partial charge is 0.497 e. The van der Waals surface area contributed by atoms with Gasteiger partial charge in [-0.3, -0.25) is 9.59 Å². The van der Waals surface area contributed by atoms with Gasteiger partial charge in [0.1, 0.15) is 5.75 Å². The lowest BCUT2D eigenvalue weighted by Crippen LogP contribution is -2.32. The van der Waals surface area contributed by atoms with Crippen molar-refractivity contribution >= 4 is 11.8 Å².